The zero-order chi connectivity index (χ0) is 12.8. The third-order valence-electron chi connectivity index (χ3n) is 2.39. The molecule has 18 heavy (non-hydrogen) atoms. The van der Waals surface area contributed by atoms with Gasteiger partial charge in [0.2, 0.25) is 5.91 Å². The first-order chi connectivity index (χ1) is 8.74. The molecule has 0 unspecified atom stereocenters. The molecule has 2 N–H and O–H groups in total. The van der Waals surface area contributed by atoms with E-state index in [1.807, 2.05) is 49.4 Å². The van der Waals surface area contributed by atoms with Crippen LogP contribution in [-0.4, -0.2) is 16.1 Å². The number of nitrogens with one attached hydrogen (secondary N) is 2. The van der Waals surface area contributed by atoms with Gasteiger partial charge in [-0.3, -0.25) is 9.89 Å². The maximum atomic E-state index is 11.6. The summed E-state index contributed by atoms with van der Waals surface area (Å²) < 4.78 is 0. The Kier molecular flexibility index (Phi) is 3.91. The molecule has 0 aliphatic carbocycles. The Morgan fingerprint density at radius 2 is 2.17 bits per heavy atom. The predicted molar refractivity (Wildman–Crippen MR) is 72.0 cm³/mol. The summed E-state index contributed by atoms with van der Waals surface area (Å²) in [6.07, 6.45) is 4.10. The lowest BCUT2D eigenvalue weighted by Gasteiger charge is -1.97. The van der Waals surface area contributed by atoms with Crippen molar-refractivity contribution in [1.29, 1.82) is 0 Å². The summed E-state index contributed by atoms with van der Waals surface area (Å²) in [7, 11) is 0. The fourth-order valence-corrected chi connectivity index (χ4v) is 1.54. The van der Waals surface area contributed by atoms with Crippen LogP contribution in [0.5, 0.6) is 0 Å². The number of benzene rings is 1. The van der Waals surface area contributed by atoms with Gasteiger partial charge in [-0.2, -0.15) is 5.10 Å². The number of nitrogens with zero attached hydrogens (tertiary/aromatic N) is 1. The van der Waals surface area contributed by atoms with E-state index in [2.05, 4.69) is 15.5 Å². The smallest absolute Gasteiger partial charge is 0.229 e. The second-order valence-electron chi connectivity index (χ2n) is 4.00. The van der Waals surface area contributed by atoms with Crippen LogP contribution >= 0.6 is 0 Å². The van der Waals surface area contributed by atoms with E-state index >= 15 is 0 Å². The van der Waals surface area contributed by atoms with Crippen LogP contribution in [0.1, 0.15) is 17.7 Å². The van der Waals surface area contributed by atoms with Crippen LogP contribution in [0.25, 0.3) is 6.08 Å². The minimum Gasteiger partial charge on any atom is -0.309 e. The Morgan fingerprint density at radius 1 is 1.39 bits per heavy atom. The average Bonchev–Trinajstić information content (AvgIpc) is 2.76. The van der Waals surface area contributed by atoms with Crippen LogP contribution in [0.3, 0.4) is 0 Å². The molecule has 0 atom stereocenters. The van der Waals surface area contributed by atoms with Crippen molar-refractivity contribution in [2.24, 2.45) is 0 Å². The lowest BCUT2D eigenvalue weighted by molar-refractivity contribution is -0.115. The van der Waals surface area contributed by atoms with Crippen molar-refractivity contribution < 1.29 is 4.79 Å². The van der Waals surface area contributed by atoms with Crippen molar-refractivity contribution in [3.05, 3.63) is 53.7 Å². The number of carbonyl (C=O) groups is 1. The van der Waals surface area contributed by atoms with Gasteiger partial charge in [-0.25, -0.2) is 0 Å². The maximum Gasteiger partial charge on any atom is 0.229 e. The molecule has 1 aromatic carbocycles. The largest absolute Gasteiger partial charge is 0.309 e. The van der Waals surface area contributed by atoms with Gasteiger partial charge in [-0.1, -0.05) is 42.5 Å². The molecule has 0 spiro atoms. The Labute approximate surface area is 106 Å². The third kappa shape index (κ3) is 3.59. The summed E-state index contributed by atoms with van der Waals surface area (Å²) in [6, 6.07) is 11.7. The van der Waals surface area contributed by atoms with Crippen molar-refractivity contribution in [3.8, 4) is 0 Å². The van der Waals surface area contributed by atoms with Crippen LogP contribution in [-0.2, 0) is 4.79 Å². The van der Waals surface area contributed by atoms with Crippen LogP contribution in [0.2, 0.25) is 0 Å². The number of rotatable bonds is 4. The number of aryl methyl sites for hydroxylation is 1. The van der Waals surface area contributed by atoms with Gasteiger partial charge in [-0.15, -0.1) is 0 Å². The van der Waals surface area contributed by atoms with E-state index in [9.17, 15) is 4.79 Å². The van der Waals surface area contributed by atoms with E-state index < -0.39 is 0 Å². The van der Waals surface area contributed by atoms with Gasteiger partial charge in [0.15, 0.2) is 5.82 Å². The molecule has 0 aliphatic rings. The number of anilines is 1. The number of carbonyl (C=O) groups excluding carboxylic acids is 1. The van der Waals surface area contributed by atoms with Crippen LogP contribution in [0.4, 0.5) is 5.82 Å². The van der Waals surface area contributed by atoms with E-state index in [0.717, 1.165) is 11.3 Å². The van der Waals surface area contributed by atoms with Gasteiger partial charge >= 0.3 is 0 Å². The van der Waals surface area contributed by atoms with Gasteiger partial charge in [0.1, 0.15) is 0 Å². The van der Waals surface area contributed by atoms with E-state index in [0.29, 0.717) is 12.2 Å². The Bertz CT molecular complexity index is 543. The van der Waals surface area contributed by atoms with Crippen molar-refractivity contribution in [3.63, 3.8) is 0 Å². The normalized spacial score (nSPS) is 10.7. The standard InChI is InChI=1S/C14H15N3O/c1-11-10-13(17-16-11)15-14(18)9-5-8-12-6-3-2-4-7-12/h2-8,10H,9H2,1H3,(H2,15,16,17,18)/b8-5+. The lowest BCUT2D eigenvalue weighted by atomic mass is 10.2. The van der Waals surface area contributed by atoms with Crippen molar-refractivity contribution >= 4 is 17.8 Å². The Morgan fingerprint density at radius 3 is 2.83 bits per heavy atom. The number of H-pyrrole nitrogens is 1. The molecule has 0 fully saturated rings. The van der Waals surface area contributed by atoms with Crippen molar-refractivity contribution in [2.75, 3.05) is 5.32 Å². The number of hydrogen-bond acceptors (Lipinski definition) is 2. The lowest BCUT2D eigenvalue weighted by Crippen LogP contribution is -2.10. The van der Waals surface area contributed by atoms with E-state index in [-0.39, 0.29) is 5.91 Å². The zero-order valence-corrected chi connectivity index (χ0v) is 10.2. The minimum atomic E-state index is -0.0753. The molecular formula is C14H15N3O. The second-order valence-corrected chi connectivity index (χ2v) is 4.00. The molecule has 1 amide bonds. The molecule has 2 rings (SSSR count). The maximum absolute atomic E-state index is 11.6. The first-order valence-corrected chi connectivity index (χ1v) is 5.77. The SMILES string of the molecule is Cc1cc(NC(=O)C/C=C/c2ccccc2)n[nH]1. The molecule has 0 saturated carbocycles. The molecule has 0 saturated heterocycles. The zero-order valence-electron chi connectivity index (χ0n) is 10.2. The first-order valence-electron chi connectivity index (χ1n) is 5.77. The Balaban J connectivity index is 1.83. The highest BCUT2D eigenvalue weighted by molar-refractivity contribution is 5.91. The summed E-state index contributed by atoms with van der Waals surface area (Å²) in [5.74, 6) is 0.485. The van der Waals surface area contributed by atoms with Gasteiger partial charge in [-0.05, 0) is 12.5 Å². The fraction of sp³-hybridized carbons (Fsp3) is 0.143. The van der Waals surface area contributed by atoms with Gasteiger partial charge in [0.05, 0.1) is 0 Å². The van der Waals surface area contributed by atoms with Gasteiger partial charge in [0, 0.05) is 18.2 Å². The van der Waals surface area contributed by atoms with Crippen LogP contribution < -0.4 is 5.32 Å². The summed E-state index contributed by atoms with van der Waals surface area (Å²) in [5, 5.41) is 9.43. The summed E-state index contributed by atoms with van der Waals surface area (Å²) in [4.78, 5) is 11.6. The number of aromatic nitrogens is 2. The van der Waals surface area contributed by atoms with Crippen molar-refractivity contribution in [1.82, 2.24) is 10.2 Å². The monoisotopic (exact) mass is 241 g/mol. The molecule has 2 aromatic rings. The van der Waals surface area contributed by atoms with Gasteiger partial charge in [0.25, 0.3) is 0 Å². The molecule has 1 heterocycles. The number of hydrogen-bond donors (Lipinski definition) is 2. The molecular weight excluding hydrogens is 226 g/mol. The molecule has 0 aliphatic heterocycles. The third-order valence-corrected chi connectivity index (χ3v) is 2.39. The Hall–Kier alpha value is -2.36. The summed E-state index contributed by atoms with van der Waals surface area (Å²) >= 11 is 0. The highest BCUT2D eigenvalue weighted by Crippen LogP contribution is 2.05. The topological polar surface area (TPSA) is 57.8 Å². The van der Waals surface area contributed by atoms with E-state index in [4.69, 9.17) is 0 Å². The van der Waals surface area contributed by atoms with Crippen molar-refractivity contribution in [2.45, 2.75) is 13.3 Å². The summed E-state index contributed by atoms with van der Waals surface area (Å²) in [5.41, 5.74) is 2.01. The molecule has 4 heteroatoms. The number of aromatic amines is 1. The predicted octanol–water partition coefficient (Wildman–Crippen LogP) is 2.76. The molecule has 0 bridgehead atoms. The fourth-order valence-electron chi connectivity index (χ4n) is 1.54. The molecule has 1 aromatic heterocycles. The summed E-state index contributed by atoms with van der Waals surface area (Å²) in [6.45, 7) is 1.89. The minimum absolute atomic E-state index is 0.0753. The molecule has 0 radical (unpaired) electrons. The first kappa shape index (κ1) is 12.1. The molecule has 92 valence electrons. The van der Waals surface area contributed by atoms with E-state index in [1.54, 1.807) is 6.07 Å². The quantitative estimate of drug-likeness (QED) is 0.864. The molecule has 4 nitrogen and oxygen atoms in total. The number of amides is 1. The highest BCUT2D eigenvalue weighted by atomic mass is 16.1. The van der Waals surface area contributed by atoms with E-state index in [1.165, 1.54) is 0 Å². The van der Waals surface area contributed by atoms with Crippen LogP contribution in [0, 0.1) is 6.92 Å². The van der Waals surface area contributed by atoms with Crippen LogP contribution in [0.15, 0.2) is 42.5 Å². The average molecular weight is 241 g/mol. The van der Waals surface area contributed by atoms with Gasteiger partial charge < -0.3 is 5.32 Å². The second kappa shape index (κ2) is 5.82. The highest BCUT2D eigenvalue weighted by Gasteiger charge is 2.02.